The van der Waals surface area contributed by atoms with Crippen molar-refractivity contribution in [2.24, 2.45) is 0 Å². The highest BCUT2D eigenvalue weighted by molar-refractivity contribution is 5.89. The van der Waals surface area contributed by atoms with E-state index in [1.54, 1.807) is 6.08 Å². The lowest BCUT2D eigenvalue weighted by Crippen LogP contribution is -2.39. The Hall–Kier alpha value is -2.29. The second-order valence-corrected chi connectivity index (χ2v) is 8.21. The molecule has 0 saturated carbocycles. The van der Waals surface area contributed by atoms with Crippen LogP contribution in [0.1, 0.15) is 31.4 Å². The fourth-order valence-corrected chi connectivity index (χ4v) is 3.75. The molecule has 3 aliphatic rings. The number of aliphatic hydroxyl groups is 1. The number of hydrogen-bond acceptors (Lipinski definition) is 6. The second kappa shape index (κ2) is 9.06. The molecule has 0 aromatic heterocycles. The van der Waals surface area contributed by atoms with Crippen LogP contribution in [-0.4, -0.2) is 60.9 Å². The molecular formula is C24H28O7. The first-order chi connectivity index (χ1) is 14.9. The number of fused-ring (bicyclic) bond motifs is 2. The summed E-state index contributed by atoms with van der Waals surface area (Å²) in [5, 5.41) is 21.0. The Morgan fingerprint density at radius 3 is 2.68 bits per heavy atom. The molecule has 0 amide bonds. The van der Waals surface area contributed by atoms with E-state index >= 15 is 0 Å². The maximum Gasteiger partial charge on any atom is 0.331 e. The summed E-state index contributed by atoms with van der Waals surface area (Å²) >= 11 is 0. The standard InChI is InChI=1S/C24H28O7/c1-15(29-13-20-14-30-20)11-28-16(2)12-31-24(27)21-6-4-3-5-17(21)9-19-10-18(23(25)26)7-8-22(19)24/h3-9,15-16,20,27H,10-14H2,1-2H3,(H,25,26). The first kappa shape index (κ1) is 21.9. The number of benzene rings is 1. The molecule has 2 aliphatic carbocycles. The number of carboxylic acids is 1. The van der Waals surface area contributed by atoms with Gasteiger partial charge in [0.05, 0.1) is 38.6 Å². The summed E-state index contributed by atoms with van der Waals surface area (Å²) in [5.41, 5.74) is 3.01. The Labute approximate surface area is 181 Å². The first-order valence-electron chi connectivity index (χ1n) is 10.5. The molecule has 7 nitrogen and oxygen atoms in total. The largest absolute Gasteiger partial charge is 0.478 e. The van der Waals surface area contributed by atoms with Gasteiger partial charge in [0.1, 0.15) is 6.10 Å². The highest BCUT2D eigenvalue weighted by atomic mass is 16.6. The van der Waals surface area contributed by atoms with Gasteiger partial charge in [0.15, 0.2) is 0 Å². The van der Waals surface area contributed by atoms with E-state index in [1.807, 2.05) is 44.2 Å². The predicted octanol–water partition coefficient (Wildman–Crippen LogP) is 2.80. The average molecular weight is 428 g/mol. The summed E-state index contributed by atoms with van der Waals surface area (Å²) in [5.74, 6) is -2.64. The fraction of sp³-hybridized carbons (Fsp3) is 0.458. The van der Waals surface area contributed by atoms with Crippen molar-refractivity contribution in [3.63, 3.8) is 0 Å². The third kappa shape index (κ3) is 4.97. The van der Waals surface area contributed by atoms with Crippen molar-refractivity contribution in [1.29, 1.82) is 0 Å². The molecular weight excluding hydrogens is 400 g/mol. The number of aliphatic carboxylic acids is 1. The Kier molecular flexibility index (Phi) is 6.41. The molecule has 1 saturated heterocycles. The number of carboxylic acid groups (broad SMARTS) is 1. The monoisotopic (exact) mass is 428 g/mol. The Bertz CT molecular complexity index is 928. The van der Waals surface area contributed by atoms with Gasteiger partial charge >= 0.3 is 5.97 Å². The molecule has 31 heavy (non-hydrogen) atoms. The molecule has 0 spiro atoms. The molecule has 1 aliphatic heterocycles. The number of carbonyl (C=O) groups is 1. The van der Waals surface area contributed by atoms with Crippen molar-refractivity contribution in [1.82, 2.24) is 0 Å². The van der Waals surface area contributed by atoms with Crippen molar-refractivity contribution < 1.29 is 34.0 Å². The van der Waals surface area contributed by atoms with Gasteiger partial charge in [0, 0.05) is 23.1 Å². The van der Waals surface area contributed by atoms with Crippen molar-refractivity contribution >= 4 is 12.0 Å². The van der Waals surface area contributed by atoms with Crippen LogP contribution in [0.5, 0.6) is 0 Å². The minimum atomic E-state index is -1.68. The van der Waals surface area contributed by atoms with Gasteiger partial charge < -0.3 is 29.2 Å². The van der Waals surface area contributed by atoms with E-state index in [1.165, 1.54) is 6.08 Å². The summed E-state index contributed by atoms with van der Waals surface area (Å²) in [7, 11) is 0. The predicted molar refractivity (Wildman–Crippen MR) is 113 cm³/mol. The Morgan fingerprint density at radius 1 is 1.19 bits per heavy atom. The molecule has 7 heteroatoms. The normalized spacial score (nSPS) is 26.0. The zero-order valence-corrected chi connectivity index (χ0v) is 17.7. The molecule has 0 bridgehead atoms. The van der Waals surface area contributed by atoms with Crippen LogP contribution in [-0.2, 0) is 29.5 Å². The smallest absolute Gasteiger partial charge is 0.331 e. The van der Waals surface area contributed by atoms with Crippen LogP contribution in [0.2, 0.25) is 0 Å². The lowest BCUT2D eigenvalue weighted by molar-refractivity contribution is -0.201. The third-order valence-electron chi connectivity index (χ3n) is 5.58. The van der Waals surface area contributed by atoms with Gasteiger partial charge in [-0.15, -0.1) is 0 Å². The van der Waals surface area contributed by atoms with Gasteiger partial charge in [0.2, 0.25) is 5.79 Å². The minimum Gasteiger partial charge on any atom is -0.478 e. The van der Waals surface area contributed by atoms with Gasteiger partial charge in [-0.1, -0.05) is 42.5 Å². The molecule has 1 fully saturated rings. The zero-order valence-electron chi connectivity index (χ0n) is 17.7. The average Bonchev–Trinajstić information content (AvgIpc) is 3.59. The topological polar surface area (TPSA) is 97.8 Å². The number of allylic oxidation sites excluding steroid dienone is 2. The summed E-state index contributed by atoms with van der Waals surface area (Å²) in [6.45, 7) is 5.71. The SMILES string of the molecule is CC(COC(C)COC1(O)C2=CC=C(C(=O)O)CC2=Cc2ccccc21)OCC1CO1. The fourth-order valence-electron chi connectivity index (χ4n) is 3.75. The van der Waals surface area contributed by atoms with Gasteiger partial charge in [-0.2, -0.15) is 0 Å². The van der Waals surface area contributed by atoms with E-state index in [0.717, 1.165) is 17.7 Å². The van der Waals surface area contributed by atoms with Gasteiger partial charge in [-0.3, -0.25) is 0 Å². The summed E-state index contributed by atoms with van der Waals surface area (Å²) in [4.78, 5) is 11.4. The third-order valence-corrected chi connectivity index (χ3v) is 5.58. The van der Waals surface area contributed by atoms with Crippen LogP contribution in [0.25, 0.3) is 6.08 Å². The maximum absolute atomic E-state index is 11.6. The molecule has 1 heterocycles. The van der Waals surface area contributed by atoms with E-state index < -0.39 is 11.8 Å². The first-order valence-corrected chi connectivity index (χ1v) is 10.5. The van der Waals surface area contributed by atoms with Crippen molar-refractivity contribution in [2.75, 3.05) is 26.4 Å². The highest BCUT2D eigenvalue weighted by Gasteiger charge is 2.42. The van der Waals surface area contributed by atoms with E-state index in [4.69, 9.17) is 18.9 Å². The lowest BCUT2D eigenvalue weighted by Gasteiger charge is -2.38. The number of rotatable bonds is 10. The van der Waals surface area contributed by atoms with E-state index in [0.29, 0.717) is 24.4 Å². The van der Waals surface area contributed by atoms with Crippen LogP contribution in [0.15, 0.2) is 53.1 Å². The molecule has 4 rings (SSSR count). The second-order valence-electron chi connectivity index (χ2n) is 8.21. The molecule has 4 atom stereocenters. The zero-order chi connectivity index (χ0) is 22.0. The van der Waals surface area contributed by atoms with E-state index in [-0.39, 0.29) is 36.9 Å². The van der Waals surface area contributed by atoms with Crippen molar-refractivity contribution in [2.45, 2.75) is 44.4 Å². The molecule has 0 radical (unpaired) electrons. The van der Waals surface area contributed by atoms with E-state index in [2.05, 4.69) is 0 Å². The molecule has 1 aromatic carbocycles. The van der Waals surface area contributed by atoms with Crippen LogP contribution in [0.3, 0.4) is 0 Å². The van der Waals surface area contributed by atoms with Gasteiger partial charge in [-0.25, -0.2) is 4.79 Å². The molecule has 4 unspecified atom stereocenters. The quantitative estimate of drug-likeness (QED) is 0.437. The van der Waals surface area contributed by atoms with Crippen LogP contribution >= 0.6 is 0 Å². The lowest BCUT2D eigenvalue weighted by atomic mass is 9.78. The Balaban J connectivity index is 1.45. The van der Waals surface area contributed by atoms with Crippen LogP contribution in [0, 0.1) is 0 Å². The van der Waals surface area contributed by atoms with E-state index in [9.17, 15) is 15.0 Å². The highest BCUT2D eigenvalue weighted by Crippen LogP contribution is 2.45. The maximum atomic E-state index is 11.6. The van der Waals surface area contributed by atoms with Crippen molar-refractivity contribution in [3.05, 3.63) is 64.3 Å². The summed E-state index contributed by atoms with van der Waals surface area (Å²) in [6.07, 6.45) is 5.18. The minimum absolute atomic E-state index is 0.0692. The summed E-state index contributed by atoms with van der Waals surface area (Å²) < 4.78 is 22.7. The number of ether oxygens (including phenoxy) is 4. The number of hydrogen-bond donors (Lipinski definition) is 2. The number of epoxide rings is 1. The van der Waals surface area contributed by atoms with Crippen LogP contribution < -0.4 is 0 Å². The van der Waals surface area contributed by atoms with Crippen LogP contribution in [0.4, 0.5) is 0 Å². The molecule has 1 aromatic rings. The molecule has 2 N–H and O–H groups in total. The van der Waals surface area contributed by atoms with Gasteiger partial charge in [0.25, 0.3) is 0 Å². The molecule has 166 valence electrons. The van der Waals surface area contributed by atoms with Crippen molar-refractivity contribution in [3.8, 4) is 0 Å². The summed E-state index contributed by atoms with van der Waals surface area (Å²) in [6, 6.07) is 7.42. The van der Waals surface area contributed by atoms with Gasteiger partial charge in [-0.05, 0) is 25.0 Å². The Morgan fingerprint density at radius 2 is 1.94 bits per heavy atom.